The van der Waals surface area contributed by atoms with Crippen LogP contribution in [0.15, 0.2) is 53.7 Å². The lowest BCUT2D eigenvalue weighted by Crippen LogP contribution is -2.15. The standard InChI is InChI=1S/C17H12F3N3O2/c18-17(19,20)12-8-9(4-5-14(12)24)16-22-15(23-25-16)11-2-1-3-13-10(11)6-7-21-13/h1-8,15,21,23-24H. The van der Waals surface area contributed by atoms with E-state index < -0.39 is 23.7 Å². The number of fused-ring (bicyclic) bond motifs is 1. The fraction of sp³-hybridized carbons (Fsp3) is 0.118. The molecular formula is C17H12F3N3O2. The minimum atomic E-state index is -4.66. The number of halogens is 3. The highest BCUT2D eigenvalue weighted by molar-refractivity contribution is 5.95. The molecule has 1 atom stereocenters. The highest BCUT2D eigenvalue weighted by atomic mass is 19.4. The van der Waals surface area contributed by atoms with Gasteiger partial charge in [0.05, 0.1) is 5.56 Å². The number of benzene rings is 2. The molecule has 1 aromatic heterocycles. The lowest BCUT2D eigenvalue weighted by molar-refractivity contribution is -0.138. The van der Waals surface area contributed by atoms with Gasteiger partial charge in [0.1, 0.15) is 5.75 Å². The predicted octanol–water partition coefficient (Wildman–Crippen LogP) is 3.87. The number of hydrogen-bond donors (Lipinski definition) is 3. The second-order valence-corrected chi connectivity index (χ2v) is 5.57. The summed E-state index contributed by atoms with van der Waals surface area (Å²) in [6, 6.07) is 10.6. The first-order valence-electron chi connectivity index (χ1n) is 7.40. The van der Waals surface area contributed by atoms with E-state index in [4.69, 9.17) is 4.84 Å². The Morgan fingerprint density at radius 1 is 1.12 bits per heavy atom. The summed E-state index contributed by atoms with van der Waals surface area (Å²) in [7, 11) is 0. The van der Waals surface area contributed by atoms with Crippen LogP contribution < -0.4 is 5.48 Å². The third-order valence-corrected chi connectivity index (χ3v) is 3.99. The molecule has 2 heterocycles. The Bertz CT molecular complexity index is 979. The van der Waals surface area contributed by atoms with Crippen molar-refractivity contribution in [3.05, 3.63) is 65.4 Å². The van der Waals surface area contributed by atoms with Crippen molar-refractivity contribution in [1.82, 2.24) is 10.5 Å². The Balaban J connectivity index is 1.72. The lowest BCUT2D eigenvalue weighted by Gasteiger charge is -2.10. The summed E-state index contributed by atoms with van der Waals surface area (Å²) < 4.78 is 38.8. The molecule has 2 aromatic carbocycles. The first kappa shape index (κ1) is 15.5. The van der Waals surface area contributed by atoms with Gasteiger partial charge in [-0.05, 0) is 30.3 Å². The van der Waals surface area contributed by atoms with Gasteiger partial charge < -0.3 is 14.9 Å². The maximum Gasteiger partial charge on any atom is 0.419 e. The number of aromatic hydroxyl groups is 1. The Morgan fingerprint density at radius 3 is 2.76 bits per heavy atom. The lowest BCUT2D eigenvalue weighted by atomic mass is 10.1. The quantitative estimate of drug-likeness (QED) is 0.659. The number of nitrogens with zero attached hydrogens (tertiary/aromatic N) is 1. The zero-order valence-electron chi connectivity index (χ0n) is 12.6. The van der Waals surface area contributed by atoms with Crippen LogP contribution in [-0.2, 0) is 11.0 Å². The number of rotatable bonds is 2. The summed E-state index contributed by atoms with van der Waals surface area (Å²) in [6.07, 6.45) is -3.41. The highest BCUT2D eigenvalue weighted by Gasteiger charge is 2.35. The summed E-state index contributed by atoms with van der Waals surface area (Å²) in [6.45, 7) is 0. The third-order valence-electron chi connectivity index (χ3n) is 3.99. The molecule has 8 heteroatoms. The van der Waals surface area contributed by atoms with E-state index in [0.717, 1.165) is 28.6 Å². The van der Waals surface area contributed by atoms with Gasteiger partial charge in [-0.15, -0.1) is 5.48 Å². The van der Waals surface area contributed by atoms with Gasteiger partial charge in [-0.25, -0.2) is 4.99 Å². The first-order chi connectivity index (χ1) is 11.9. The summed E-state index contributed by atoms with van der Waals surface area (Å²) in [5.41, 5.74) is 3.47. The number of aromatic amines is 1. The Morgan fingerprint density at radius 2 is 1.96 bits per heavy atom. The maximum absolute atomic E-state index is 12.9. The summed E-state index contributed by atoms with van der Waals surface area (Å²) in [4.78, 5) is 12.7. The predicted molar refractivity (Wildman–Crippen MR) is 84.9 cm³/mol. The number of hydroxylamine groups is 1. The molecule has 1 aliphatic heterocycles. The summed E-state index contributed by atoms with van der Waals surface area (Å²) in [5.74, 6) is -0.806. The Kier molecular flexibility index (Phi) is 3.43. The van der Waals surface area contributed by atoms with Crippen LogP contribution in [0.2, 0.25) is 0 Å². The van der Waals surface area contributed by atoms with Crippen molar-refractivity contribution in [2.24, 2.45) is 4.99 Å². The molecule has 1 unspecified atom stereocenters. The van der Waals surface area contributed by atoms with Gasteiger partial charge in [-0.3, -0.25) is 0 Å². The van der Waals surface area contributed by atoms with E-state index in [2.05, 4.69) is 15.5 Å². The van der Waals surface area contributed by atoms with Crippen LogP contribution in [0.4, 0.5) is 13.2 Å². The monoisotopic (exact) mass is 347 g/mol. The van der Waals surface area contributed by atoms with Crippen molar-refractivity contribution in [2.45, 2.75) is 12.3 Å². The third kappa shape index (κ3) is 2.70. The topological polar surface area (TPSA) is 69.6 Å². The van der Waals surface area contributed by atoms with Gasteiger partial charge in [0, 0.05) is 28.2 Å². The van der Waals surface area contributed by atoms with Crippen LogP contribution in [0.1, 0.15) is 22.9 Å². The van der Waals surface area contributed by atoms with Crippen LogP contribution in [0.3, 0.4) is 0 Å². The van der Waals surface area contributed by atoms with Crippen molar-refractivity contribution >= 4 is 16.8 Å². The Labute approximate surface area is 139 Å². The van der Waals surface area contributed by atoms with Gasteiger partial charge in [0.15, 0.2) is 6.17 Å². The van der Waals surface area contributed by atoms with E-state index in [1.807, 2.05) is 24.3 Å². The molecule has 128 valence electrons. The average molecular weight is 347 g/mol. The molecular weight excluding hydrogens is 335 g/mol. The number of phenolic OH excluding ortho intramolecular Hbond substituents is 1. The van der Waals surface area contributed by atoms with Gasteiger partial charge in [-0.2, -0.15) is 13.2 Å². The van der Waals surface area contributed by atoms with E-state index in [1.165, 1.54) is 6.07 Å². The fourth-order valence-corrected chi connectivity index (χ4v) is 2.79. The number of alkyl halides is 3. The fourth-order valence-electron chi connectivity index (χ4n) is 2.79. The Hall–Kier alpha value is -3.00. The molecule has 5 nitrogen and oxygen atoms in total. The van der Waals surface area contributed by atoms with Crippen molar-refractivity contribution < 1.29 is 23.1 Å². The molecule has 0 saturated heterocycles. The number of H-pyrrole nitrogens is 1. The van der Waals surface area contributed by atoms with Gasteiger partial charge in [-0.1, -0.05) is 12.1 Å². The molecule has 0 fully saturated rings. The zero-order chi connectivity index (χ0) is 17.6. The summed E-state index contributed by atoms with van der Waals surface area (Å²) >= 11 is 0. The van der Waals surface area contributed by atoms with Gasteiger partial charge >= 0.3 is 6.18 Å². The highest BCUT2D eigenvalue weighted by Crippen LogP contribution is 2.37. The van der Waals surface area contributed by atoms with Gasteiger partial charge in [0.2, 0.25) is 5.90 Å². The van der Waals surface area contributed by atoms with E-state index >= 15 is 0 Å². The largest absolute Gasteiger partial charge is 0.507 e. The first-order valence-corrected chi connectivity index (χ1v) is 7.40. The van der Waals surface area contributed by atoms with E-state index in [9.17, 15) is 18.3 Å². The molecule has 25 heavy (non-hydrogen) atoms. The molecule has 3 N–H and O–H groups in total. The minimum absolute atomic E-state index is 0.0306. The van der Waals surface area contributed by atoms with Crippen molar-refractivity contribution in [2.75, 3.05) is 0 Å². The second-order valence-electron chi connectivity index (χ2n) is 5.57. The molecule has 0 aliphatic carbocycles. The SMILES string of the molecule is Oc1ccc(C2=NC(c3cccc4[nH]ccc34)NO2)cc1C(F)(F)F. The van der Waals surface area contributed by atoms with Crippen LogP contribution in [-0.4, -0.2) is 16.0 Å². The molecule has 4 rings (SSSR count). The van der Waals surface area contributed by atoms with Crippen molar-refractivity contribution in [3.8, 4) is 5.75 Å². The van der Waals surface area contributed by atoms with Crippen LogP contribution in [0.25, 0.3) is 10.9 Å². The molecule has 0 bridgehead atoms. The smallest absolute Gasteiger partial charge is 0.419 e. The number of nitrogens with one attached hydrogen (secondary N) is 2. The number of phenols is 1. The van der Waals surface area contributed by atoms with Crippen molar-refractivity contribution in [3.63, 3.8) is 0 Å². The van der Waals surface area contributed by atoms with Crippen LogP contribution in [0, 0.1) is 0 Å². The average Bonchev–Trinajstić information content (AvgIpc) is 3.23. The number of aliphatic imine (C=N–C) groups is 1. The van der Waals surface area contributed by atoms with E-state index in [-0.39, 0.29) is 11.5 Å². The van der Waals surface area contributed by atoms with Crippen molar-refractivity contribution in [1.29, 1.82) is 0 Å². The number of aromatic nitrogens is 1. The molecule has 0 amide bonds. The number of hydrogen-bond acceptors (Lipinski definition) is 4. The maximum atomic E-state index is 12.9. The molecule has 1 aliphatic rings. The zero-order valence-corrected chi connectivity index (χ0v) is 12.6. The van der Waals surface area contributed by atoms with E-state index in [0.29, 0.717) is 0 Å². The summed E-state index contributed by atoms with van der Waals surface area (Å²) in [5, 5.41) is 10.4. The minimum Gasteiger partial charge on any atom is -0.507 e. The second kappa shape index (κ2) is 5.52. The van der Waals surface area contributed by atoms with E-state index in [1.54, 1.807) is 6.20 Å². The molecule has 0 spiro atoms. The molecule has 3 aromatic rings. The normalized spacial score (nSPS) is 17.6. The van der Waals surface area contributed by atoms with Crippen LogP contribution >= 0.6 is 0 Å². The molecule has 0 saturated carbocycles. The van der Waals surface area contributed by atoms with Gasteiger partial charge in [0.25, 0.3) is 0 Å². The molecule has 0 radical (unpaired) electrons. The van der Waals surface area contributed by atoms with Crippen LogP contribution in [0.5, 0.6) is 5.75 Å².